The van der Waals surface area contributed by atoms with Crippen molar-refractivity contribution >= 4 is 21.6 Å². The zero-order valence-electron chi connectivity index (χ0n) is 25.4. The summed E-state index contributed by atoms with van der Waals surface area (Å²) in [5.74, 6) is 1.59. The maximum absolute atomic E-state index is 11.5. The van der Waals surface area contributed by atoms with Crippen LogP contribution < -0.4 is 9.47 Å². The van der Waals surface area contributed by atoms with Gasteiger partial charge in [0.05, 0.1) is 11.4 Å². The Morgan fingerprint density at radius 3 is 1.50 bits per heavy atom. The molecule has 0 radical (unpaired) electrons. The maximum Gasteiger partial charge on any atom is 0.247 e. The van der Waals surface area contributed by atoms with E-state index in [1.165, 1.54) is 18.0 Å². The Morgan fingerprint density at radius 2 is 1.04 bits per heavy atom. The first-order valence-electron chi connectivity index (χ1n) is 14.3. The number of rotatable bonds is 10. The fourth-order valence-corrected chi connectivity index (χ4v) is 5.08. The number of aromatic nitrogens is 4. The molecule has 0 N–H and O–H groups in total. The number of hydrogen-bond donors (Lipinski definition) is 0. The van der Waals surface area contributed by atoms with E-state index in [1.807, 2.05) is 109 Å². The summed E-state index contributed by atoms with van der Waals surface area (Å²) < 4.78 is 34.6. The predicted molar refractivity (Wildman–Crippen MR) is 181 cm³/mol. The van der Waals surface area contributed by atoms with Gasteiger partial charge >= 0.3 is 0 Å². The number of hydrogen-bond acceptors (Lipinski definition) is 9. The molecule has 0 spiro atoms. The summed E-state index contributed by atoms with van der Waals surface area (Å²) in [6.07, 6.45) is 6.29. The Kier molecular flexibility index (Phi) is 11.1. The lowest BCUT2D eigenvalue weighted by Gasteiger charge is -2.07. The molecular weight excluding hydrogens is 617 g/mol. The van der Waals surface area contributed by atoms with Gasteiger partial charge in [-0.05, 0) is 78.0 Å². The number of sulfone groups is 1. The van der Waals surface area contributed by atoms with E-state index in [9.17, 15) is 8.42 Å². The number of thioether (sulfide) groups is 1. The van der Waals surface area contributed by atoms with Gasteiger partial charge in [0.2, 0.25) is 15.0 Å². The first-order chi connectivity index (χ1) is 22.4. The maximum atomic E-state index is 11.5. The molecule has 4 aromatic carbocycles. The molecule has 0 unspecified atom stereocenters. The van der Waals surface area contributed by atoms with Gasteiger partial charge in [0.1, 0.15) is 24.7 Å². The van der Waals surface area contributed by atoms with Crippen molar-refractivity contribution in [2.75, 3.05) is 12.5 Å². The third-order valence-electron chi connectivity index (χ3n) is 6.58. The van der Waals surface area contributed by atoms with Gasteiger partial charge in [-0.1, -0.05) is 72.4 Å². The van der Waals surface area contributed by atoms with Crippen LogP contribution in [0.25, 0.3) is 22.5 Å². The molecule has 0 atom stereocenters. The van der Waals surface area contributed by atoms with Crippen molar-refractivity contribution in [2.24, 2.45) is 0 Å². The summed E-state index contributed by atoms with van der Waals surface area (Å²) in [5.41, 5.74) is 5.59. The Balaban J connectivity index is 0.000000182. The van der Waals surface area contributed by atoms with Crippen LogP contribution in [0.3, 0.4) is 0 Å². The minimum absolute atomic E-state index is 0.176. The quantitative estimate of drug-likeness (QED) is 0.110. The van der Waals surface area contributed by atoms with E-state index in [0.717, 1.165) is 50.9 Å². The van der Waals surface area contributed by atoms with E-state index >= 15 is 0 Å². The van der Waals surface area contributed by atoms with Gasteiger partial charge in [-0.2, -0.15) is 0 Å². The van der Waals surface area contributed by atoms with E-state index in [4.69, 9.17) is 9.47 Å². The lowest BCUT2D eigenvalue weighted by Crippen LogP contribution is -2.04. The van der Waals surface area contributed by atoms with E-state index in [0.29, 0.717) is 18.9 Å². The largest absolute Gasteiger partial charge is 0.489 e. The molecule has 0 fully saturated rings. The van der Waals surface area contributed by atoms with E-state index in [2.05, 4.69) is 32.1 Å². The average molecular weight is 649 g/mol. The van der Waals surface area contributed by atoms with E-state index < -0.39 is 9.84 Å². The standard InChI is InChI=1S/C18H16N2O3S.C18H16N2OS/c1-24(21,22)18-19-12-11-17(20-18)15-7-9-16(10-8-15)23-13-14-5-3-2-4-6-14;1-22-18-19-12-11-17(20-18)15-7-9-16(10-8-15)21-13-14-5-3-2-4-6-14/h2-12H,13H2,1H3;2-12H,13H2,1H3. The summed E-state index contributed by atoms with van der Waals surface area (Å²) in [4.78, 5) is 16.6. The van der Waals surface area contributed by atoms with Crippen molar-refractivity contribution in [3.05, 3.63) is 145 Å². The van der Waals surface area contributed by atoms with E-state index in [1.54, 1.807) is 12.3 Å². The summed E-state index contributed by atoms with van der Waals surface area (Å²) in [6.45, 7) is 1.07. The average Bonchev–Trinajstić information content (AvgIpc) is 3.11. The highest BCUT2D eigenvalue weighted by atomic mass is 32.2. The van der Waals surface area contributed by atoms with E-state index in [-0.39, 0.29) is 5.16 Å². The van der Waals surface area contributed by atoms with Gasteiger partial charge in [0.15, 0.2) is 5.16 Å². The fraction of sp³-hybridized carbons (Fsp3) is 0.111. The molecule has 46 heavy (non-hydrogen) atoms. The van der Waals surface area contributed by atoms with Crippen LogP contribution in [-0.4, -0.2) is 40.9 Å². The number of benzene rings is 4. The summed E-state index contributed by atoms with van der Waals surface area (Å²) >= 11 is 1.54. The molecule has 0 saturated heterocycles. The Hall–Kier alpha value is -5.06. The smallest absolute Gasteiger partial charge is 0.247 e. The topological polar surface area (TPSA) is 104 Å². The molecule has 232 valence electrons. The molecule has 0 bridgehead atoms. The minimum Gasteiger partial charge on any atom is -0.489 e. The van der Waals surface area contributed by atoms with Crippen LogP contribution in [-0.2, 0) is 23.1 Å². The highest BCUT2D eigenvalue weighted by molar-refractivity contribution is 7.98. The first kappa shape index (κ1) is 32.3. The first-order valence-corrected chi connectivity index (χ1v) is 17.4. The summed E-state index contributed by atoms with van der Waals surface area (Å²) in [7, 11) is -3.43. The van der Waals surface area contributed by atoms with Crippen LogP contribution in [0, 0.1) is 0 Å². The Morgan fingerprint density at radius 1 is 0.587 bits per heavy atom. The molecule has 0 saturated carbocycles. The number of nitrogens with zero attached hydrogens (tertiary/aromatic N) is 4. The third kappa shape index (κ3) is 9.47. The molecule has 0 aliphatic heterocycles. The van der Waals surface area contributed by atoms with Gasteiger partial charge in [-0.25, -0.2) is 28.4 Å². The summed E-state index contributed by atoms with van der Waals surface area (Å²) in [6, 6.07) is 39.0. The molecule has 2 aromatic heterocycles. The van der Waals surface area contributed by atoms with Crippen LogP contribution in [0.5, 0.6) is 11.5 Å². The zero-order chi connectivity index (χ0) is 32.2. The second-order valence-corrected chi connectivity index (χ2v) is 12.7. The summed E-state index contributed by atoms with van der Waals surface area (Å²) in [5, 5.41) is 0.603. The normalized spacial score (nSPS) is 10.8. The molecule has 8 nitrogen and oxygen atoms in total. The lowest BCUT2D eigenvalue weighted by atomic mass is 10.1. The highest BCUT2D eigenvalue weighted by Crippen LogP contribution is 2.23. The zero-order valence-corrected chi connectivity index (χ0v) is 27.0. The van der Waals surface area contributed by atoms with Crippen molar-refractivity contribution in [1.29, 1.82) is 0 Å². The van der Waals surface area contributed by atoms with Gasteiger partial charge in [-0.3, -0.25) is 0 Å². The van der Waals surface area contributed by atoms with Crippen LogP contribution in [0.4, 0.5) is 0 Å². The third-order valence-corrected chi connectivity index (χ3v) is 8.00. The van der Waals surface area contributed by atoms with Gasteiger partial charge < -0.3 is 9.47 Å². The van der Waals surface area contributed by atoms with Crippen molar-refractivity contribution in [3.8, 4) is 34.0 Å². The van der Waals surface area contributed by atoms with Crippen LogP contribution in [0.1, 0.15) is 11.1 Å². The molecule has 10 heteroatoms. The molecule has 6 rings (SSSR count). The number of ether oxygens (including phenoxy) is 2. The molecule has 0 aliphatic carbocycles. The van der Waals surface area contributed by atoms with Gasteiger partial charge in [-0.15, -0.1) is 0 Å². The van der Waals surface area contributed by atoms with Gasteiger partial charge in [0, 0.05) is 29.8 Å². The van der Waals surface area contributed by atoms with Crippen molar-refractivity contribution in [3.63, 3.8) is 0 Å². The SMILES string of the molecule is CS(=O)(=O)c1nccc(-c2ccc(OCc3ccccc3)cc2)n1.CSc1nccc(-c2ccc(OCc3ccccc3)cc2)n1. The fourth-order valence-electron chi connectivity index (χ4n) is 4.21. The van der Waals surface area contributed by atoms with Crippen LogP contribution in [0.2, 0.25) is 0 Å². The Bertz CT molecular complexity index is 1940. The molecule has 6 aromatic rings. The monoisotopic (exact) mass is 648 g/mol. The molecule has 0 aliphatic rings. The second-order valence-electron chi connectivity index (χ2n) is 10.0. The van der Waals surface area contributed by atoms with Crippen LogP contribution >= 0.6 is 11.8 Å². The molecular formula is C36H32N4O4S2. The van der Waals surface area contributed by atoms with Crippen LogP contribution in [0.15, 0.2) is 144 Å². The van der Waals surface area contributed by atoms with Crippen molar-refractivity contribution in [2.45, 2.75) is 23.5 Å². The second kappa shape index (κ2) is 15.8. The minimum atomic E-state index is -3.43. The van der Waals surface area contributed by atoms with Crippen molar-refractivity contribution < 1.29 is 17.9 Å². The lowest BCUT2D eigenvalue weighted by molar-refractivity contribution is 0.306. The van der Waals surface area contributed by atoms with Crippen molar-refractivity contribution in [1.82, 2.24) is 19.9 Å². The Labute approximate surface area is 273 Å². The molecule has 0 amide bonds. The van der Waals surface area contributed by atoms with Gasteiger partial charge in [0.25, 0.3) is 0 Å². The highest BCUT2D eigenvalue weighted by Gasteiger charge is 2.12. The molecule has 2 heterocycles. The predicted octanol–water partition coefficient (Wildman–Crippen LogP) is 7.57.